The van der Waals surface area contributed by atoms with Crippen LogP contribution in [0.1, 0.15) is 12.8 Å². The smallest absolute Gasteiger partial charge is 0.00201 e. The Labute approximate surface area is 38.2 Å². The molecule has 0 heteroatoms. The monoisotopic (exact) mass is 79.1 g/mol. The lowest BCUT2D eigenvalue weighted by atomic mass is 10.2. The summed E-state index contributed by atoms with van der Waals surface area (Å²) in [5.74, 6) is 0. The van der Waals surface area contributed by atoms with Crippen LogP contribution in [0, 0.1) is 6.08 Å². The van der Waals surface area contributed by atoms with Gasteiger partial charge >= 0.3 is 0 Å². The largest absolute Gasteiger partial charge is 0.154 e. The SMILES string of the molecule is [C+]1=CC=CCC1. The van der Waals surface area contributed by atoms with Crippen LogP contribution in [0.25, 0.3) is 0 Å². The van der Waals surface area contributed by atoms with E-state index < -0.39 is 0 Å². The highest BCUT2D eigenvalue weighted by atomic mass is 13.8. The minimum atomic E-state index is 1.11. The van der Waals surface area contributed by atoms with Gasteiger partial charge in [-0.05, 0) is 0 Å². The fourth-order valence-corrected chi connectivity index (χ4v) is 0.482. The van der Waals surface area contributed by atoms with E-state index in [2.05, 4.69) is 12.2 Å². The van der Waals surface area contributed by atoms with Crippen molar-refractivity contribution in [1.82, 2.24) is 0 Å². The van der Waals surface area contributed by atoms with Crippen molar-refractivity contribution < 1.29 is 0 Å². The van der Waals surface area contributed by atoms with Crippen LogP contribution in [0.5, 0.6) is 0 Å². The topological polar surface area (TPSA) is 0 Å². The molecule has 0 heterocycles. The van der Waals surface area contributed by atoms with Gasteiger partial charge in [-0.25, -0.2) is 0 Å². The van der Waals surface area contributed by atoms with Crippen molar-refractivity contribution in [3.05, 3.63) is 24.3 Å². The second-order valence-corrected chi connectivity index (χ2v) is 1.34. The minimum Gasteiger partial charge on any atom is 0.00201 e. The Morgan fingerprint density at radius 1 is 1.50 bits per heavy atom. The molecular weight excluding hydrogens is 72.1 g/mol. The third-order valence-corrected chi connectivity index (χ3v) is 0.806. The molecule has 0 aromatic heterocycles. The van der Waals surface area contributed by atoms with Crippen LogP contribution >= 0.6 is 0 Å². The zero-order valence-corrected chi connectivity index (χ0v) is 3.65. The summed E-state index contributed by atoms with van der Waals surface area (Å²) < 4.78 is 0. The Balaban J connectivity index is 2.46. The number of allylic oxidation sites excluding steroid dienone is 4. The van der Waals surface area contributed by atoms with E-state index in [1.165, 1.54) is 6.42 Å². The number of hydrogen-bond donors (Lipinski definition) is 0. The molecule has 0 aromatic rings. The predicted octanol–water partition coefficient (Wildman–Crippen LogP) is 1.70. The van der Waals surface area contributed by atoms with Crippen molar-refractivity contribution in [2.24, 2.45) is 0 Å². The molecule has 0 nitrogen and oxygen atoms in total. The third-order valence-electron chi connectivity index (χ3n) is 0.806. The fourth-order valence-electron chi connectivity index (χ4n) is 0.482. The maximum absolute atomic E-state index is 3.07. The van der Waals surface area contributed by atoms with Crippen LogP contribution in [-0.4, -0.2) is 0 Å². The molecule has 0 atom stereocenters. The van der Waals surface area contributed by atoms with Crippen molar-refractivity contribution in [1.29, 1.82) is 0 Å². The summed E-state index contributed by atoms with van der Waals surface area (Å²) in [5.41, 5.74) is 0. The van der Waals surface area contributed by atoms with Gasteiger partial charge in [0.15, 0.2) is 6.08 Å². The lowest BCUT2D eigenvalue weighted by Crippen LogP contribution is -1.68. The molecular formula is C6H7+. The molecule has 0 saturated heterocycles. The summed E-state index contributed by atoms with van der Waals surface area (Å²) in [6.45, 7) is 0. The van der Waals surface area contributed by atoms with Gasteiger partial charge in [-0.2, -0.15) is 0 Å². The van der Waals surface area contributed by atoms with E-state index in [4.69, 9.17) is 0 Å². The molecule has 0 bridgehead atoms. The van der Waals surface area contributed by atoms with E-state index in [0.717, 1.165) is 6.42 Å². The fraction of sp³-hybridized carbons (Fsp3) is 0.333. The van der Waals surface area contributed by atoms with Crippen LogP contribution in [0.15, 0.2) is 18.2 Å². The first-order chi connectivity index (χ1) is 3.00. The third kappa shape index (κ3) is 0.667. The van der Waals surface area contributed by atoms with E-state index >= 15 is 0 Å². The summed E-state index contributed by atoms with van der Waals surface area (Å²) in [5, 5.41) is 0. The van der Waals surface area contributed by atoms with Crippen molar-refractivity contribution in [3.8, 4) is 0 Å². The first-order valence-corrected chi connectivity index (χ1v) is 2.22. The van der Waals surface area contributed by atoms with Crippen LogP contribution in [0.3, 0.4) is 0 Å². The average molecular weight is 79.1 g/mol. The molecule has 0 N–H and O–H groups in total. The average Bonchev–Trinajstić information content (AvgIpc) is 1.72. The van der Waals surface area contributed by atoms with E-state index in [0.29, 0.717) is 0 Å². The molecule has 0 fully saturated rings. The van der Waals surface area contributed by atoms with Gasteiger partial charge in [0.2, 0.25) is 0 Å². The van der Waals surface area contributed by atoms with Crippen molar-refractivity contribution in [2.75, 3.05) is 0 Å². The van der Waals surface area contributed by atoms with Gasteiger partial charge in [0.1, 0.15) is 0 Å². The maximum Gasteiger partial charge on any atom is 0.154 e. The van der Waals surface area contributed by atoms with Crippen molar-refractivity contribution >= 4 is 0 Å². The zero-order valence-electron chi connectivity index (χ0n) is 3.65. The molecule has 0 radical (unpaired) electrons. The lowest BCUT2D eigenvalue weighted by Gasteiger charge is -1.76. The highest BCUT2D eigenvalue weighted by Crippen LogP contribution is 1.96. The highest BCUT2D eigenvalue weighted by molar-refractivity contribution is 5.03. The van der Waals surface area contributed by atoms with E-state index in [-0.39, 0.29) is 0 Å². The molecule has 30 valence electrons. The molecule has 6 heavy (non-hydrogen) atoms. The van der Waals surface area contributed by atoms with E-state index in [1.54, 1.807) is 0 Å². The van der Waals surface area contributed by atoms with Crippen molar-refractivity contribution in [2.45, 2.75) is 12.8 Å². The summed E-state index contributed by atoms with van der Waals surface area (Å²) in [6, 6.07) is 0. The molecule has 0 aliphatic heterocycles. The minimum absolute atomic E-state index is 1.11. The molecule has 0 unspecified atom stereocenters. The Morgan fingerprint density at radius 2 is 2.50 bits per heavy atom. The van der Waals surface area contributed by atoms with Crippen LogP contribution in [-0.2, 0) is 0 Å². The Morgan fingerprint density at radius 3 is 2.67 bits per heavy atom. The predicted molar refractivity (Wildman–Crippen MR) is 26.2 cm³/mol. The summed E-state index contributed by atoms with van der Waals surface area (Å²) in [6.07, 6.45) is 11.5. The number of hydrogen-bond acceptors (Lipinski definition) is 0. The highest BCUT2D eigenvalue weighted by Gasteiger charge is 1.89. The molecule has 0 amide bonds. The maximum atomic E-state index is 3.07. The molecule has 0 saturated carbocycles. The lowest BCUT2D eigenvalue weighted by molar-refractivity contribution is 1.01. The van der Waals surface area contributed by atoms with Gasteiger partial charge in [0.05, 0.1) is 18.6 Å². The van der Waals surface area contributed by atoms with Gasteiger partial charge in [-0.1, -0.05) is 0 Å². The summed E-state index contributed by atoms with van der Waals surface area (Å²) >= 11 is 0. The van der Waals surface area contributed by atoms with E-state index in [1.807, 2.05) is 12.2 Å². The molecule has 0 aromatic carbocycles. The zero-order chi connectivity index (χ0) is 4.24. The van der Waals surface area contributed by atoms with Gasteiger partial charge in [0, 0.05) is 12.5 Å². The van der Waals surface area contributed by atoms with Crippen LogP contribution < -0.4 is 0 Å². The number of rotatable bonds is 0. The first-order valence-electron chi connectivity index (χ1n) is 2.22. The second kappa shape index (κ2) is 1.74. The van der Waals surface area contributed by atoms with Gasteiger partial charge in [-0.3, -0.25) is 0 Å². The molecule has 1 aliphatic rings. The second-order valence-electron chi connectivity index (χ2n) is 1.34. The molecule has 1 aliphatic carbocycles. The first kappa shape index (κ1) is 3.58. The Kier molecular flexibility index (Phi) is 1.03. The van der Waals surface area contributed by atoms with Crippen molar-refractivity contribution in [3.63, 3.8) is 0 Å². The summed E-state index contributed by atoms with van der Waals surface area (Å²) in [4.78, 5) is 0. The molecule has 1 rings (SSSR count). The Bertz CT molecular complexity index is 66.0. The molecule has 0 spiro atoms. The summed E-state index contributed by atoms with van der Waals surface area (Å²) in [7, 11) is 0. The standard InChI is InChI=1S/C6H7/c1-2-4-6-5-3-1/h1-3H,4,6H2/q+1. The van der Waals surface area contributed by atoms with Crippen LogP contribution in [0.4, 0.5) is 0 Å². The van der Waals surface area contributed by atoms with Gasteiger partial charge in [0.25, 0.3) is 0 Å². The quantitative estimate of drug-likeness (QED) is 0.388. The van der Waals surface area contributed by atoms with Gasteiger partial charge < -0.3 is 0 Å². The Hall–Kier alpha value is -0.610. The normalized spacial score (nSPS) is 17.3. The van der Waals surface area contributed by atoms with Crippen LogP contribution in [0.2, 0.25) is 0 Å². The van der Waals surface area contributed by atoms with E-state index in [9.17, 15) is 0 Å². The van der Waals surface area contributed by atoms with Gasteiger partial charge in [-0.15, -0.1) is 0 Å².